The van der Waals surface area contributed by atoms with E-state index in [2.05, 4.69) is 10.3 Å². The van der Waals surface area contributed by atoms with Gasteiger partial charge in [-0.1, -0.05) is 18.2 Å². The number of nitrogens with one attached hydrogen (secondary N) is 1. The van der Waals surface area contributed by atoms with Crippen molar-refractivity contribution in [2.75, 3.05) is 6.54 Å². The van der Waals surface area contributed by atoms with E-state index in [0.29, 0.717) is 12.4 Å². The lowest BCUT2D eigenvalue weighted by molar-refractivity contribution is -0.137. The van der Waals surface area contributed by atoms with Gasteiger partial charge in [0.2, 0.25) is 5.91 Å². The molecule has 0 saturated heterocycles. The molecule has 0 spiro atoms. The minimum Gasteiger partial charge on any atom is -0.489 e. The zero-order chi connectivity index (χ0) is 15.8. The number of carbonyl (C=O) groups is 2. The molecule has 0 radical (unpaired) electrons. The Labute approximate surface area is 127 Å². The number of ether oxygens (including phenoxy) is 1. The lowest BCUT2D eigenvalue weighted by Gasteiger charge is -2.08. The summed E-state index contributed by atoms with van der Waals surface area (Å²) in [6, 6.07) is 10.9. The molecule has 0 bridgehead atoms. The largest absolute Gasteiger partial charge is 0.489 e. The minimum absolute atomic E-state index is 0.109. The van der Waals surface area contributed by atoms with Crippen LogP contribution in [0.25, 0.3) is 0 Å². The van der Waals surface area contributed by atoms with Crippen molar-refractivity contribution in [2.24, 2.45) is 0 Å². The molecule has 2 aromatic rings. The van der Waals surface area contributed by atoms with E-state index in [1.807, 2.05) is 12.1 Å². The summed E-state index contributed by atoms with van der Waals surface area (Å²) < 4.78 is 5.65. The van der Waals surface area contributed by atoms with Crippen LogP contribution in [0.5, 0.6) is 5.75 Å². The number of pyridine rings is 1. The molecule has 114 valence electrons. The number of carbonyl (C=O) groups excluding carboxylic acids is 1. The van der Waals surface area contributed by atoms with Gasteiger partial charge in [0.25, 0.3) is 0 Å². The molecule has 1 amide bonds. The number of hydrogen-bond donors (Lipinski definition) is 2. The third-order valence-electron chi connectivity index (χ3n) is 2.83. The third-order valence-corrected chi connectivity index (χ3v) is 2.83. The normalized spacial score (nSPS) is 10.0. The van der Waals surface area contributed by atoms with Gasteiger partial charge in [0.05, 0.1) is 6.42 Å². The summed E-state index contributed by atoms with van der Waals surface area (Å²) in [5, 5.41) is 10.8. The van der Waals surface area contributed by atoms with E-state index in [1.165, 1.54) is 0 Å². The molecule has 6 heteroatoms. The first-order valence-electron chi connectivity index (χ1n) is 6.72. The molecule has 6 nitrogen and oxygen atoms in total. The number of aliphatic carboxylic acids is 1. The number of nitrogens with zero attached hydrogens (tertiary/aromatic N) is 1. The average Bonchev–Trinajstić information content (AvgIpc) is 2.52. The van der Waals surface area contributed by atoms with E-state index in [9.17, 15) is 9.59 Å². The van der Waals surface area contributed by atoms with Gasteiger partial charge in [-0.05, 0) is 23.8 Å². The molecule has 1 aromatic carbocycles. The first kappa shape index (κ1) is 15.5. The minimum atomic E-state index is -1.07. The Morgan fingerprint density at radius 2 is 2.00 bits per heavy atom. The first-order valence-corrected chi connectivity index (χ1v) is 6.72. The standard InChI is InChI=1S/C16H16N2O4/c19-15(18-10-16(20)21)8-12-3-1-5-14(7-12)22-11-13-4-2-6-17-9-13/h1-7,9H,8,10-11H2,(H,18,19)(H,20,21). The Kier molecular flexibility index (Phi) is 5.48. The quantitative estimate of drug-likeness (QED) is 0.807. The van der Waals surface area contributed by atoms with Crippen LogP contribution in [-0.4, -0.2) is 28.5 Å². The molecule has 22 heavy (non-hydrogen) atoms. The number of aromatic nitrogens is 1. The van der Waals surface area contributed by atoms with Gasteiger partial charge in [-0.25, -0.2) is 0 Å². The van der Waals surface area contributed by atoms with E-state index in [0.717, 1.165) is 11.1 Å². The first-order chi connectivity index (χ1) is 10.6. The molecule has 2 N–H and O–H groups in total. The summed E-state index contributed by atoms with van der Waals surface area (Å²) in [5.74, 6) is -0.763. The van der Waals surface area contributed by atoms with Crippen molar-refractivity contribution in [3.8, 4) is 5.75 Å². The van der Waals surface area contributed by atoms with E-state index in [1.54, 1.807) is 36.7 Å². The molecule has 1 heterocycles. The molecule has 0 unspecified atom stereocenters. The summed E-state index contributed by atoms with van der Waals surface area (Å²) in [5.41, 5.74) is 1.71. The van der Waals surface area contributed by atoms with Crippen LogP contribution in [0.2, 0.25) is 0 Å². The van der Waals surface area contributed by atoms with Gasteiger partial charge in [-0.15, -0.1) is 0 Å². The SMILES string of the molecule is O=C(O)CNC(=O)Cc1cccc(OCc2cccnc2)c1. The Hall–Kier alpha value is -2.89. The number of carboxylic acid groups (broad SMARTS) is 1. The smallest absolute Gasteiger partial charge is 0.322 e. The molecule has 0 atom stereocenters. The van der Waals surface area contributed by atoms with Crippen molar-refractivity contribution in [2.45, 2.75) is 13.0 Å². The van der Waals surface area contributed by atoms with Crippen molar-refractivity contribution in [1.29, 1.82) is 0 Å². The van der Waals surface area contributed by atoms with Gasteiger partial charge in [0.15, 0.2) is 0 Å². The maximum atomic E-state index is 11.6. The second kappa shape index (κ2) is 7.78. The summed E-state index contributed by atoms with van der Waals surface area (Å²) >= 11 is 0. The second-order valence-corrected chi connectivity index (χ2v) is 4.64. The van der Waals surface area contributed by atoms with Crippen molar-refractivity contribution >= 4 is 11.9 Å². The molecular formula is C16H16N2O4. The lowest BCUT2D eigenvalue weighted by Crippen LogP contribution is -2.30. The Bertz CT molecular complexity index is 644. The highest BCUT2D eigenvalue weighted by Crippen LogP contribution is 2.15. The van der Waals surface area contributed by atoms with Crippen LogP contribution in [0, 0.1) is 0 Å². The van der Waals surface area contributed by atoms with Crippen molar-refractivity contribution < 1.29 is 19.4 Å². The zero-order valence-corrected chi connectivity index (χ0v) is 11.9. The van der Waals surface area contributed by atoms with Crippen molar-refractivity contribution in [3.05, 3.63) is 59.9 Å². The van der Waals surface area contributed by atoms with Crippen molar-refractivity contribution in [3.63, 3.8) is 0 Å². The zero-order valence-electron chi connectivity index (χ0n) is 11.9. The number of hydrogen-bond acceptors (Lipinski definition) is 4. The number of benzene rings is 1. The van der Waals surface area contributed by atoms with E-state index < -0.39 is 5.97 Å². The molecule has 0 aliphatic carbocycles. The van der Waals surface area contributed by atoms with Gasteiger partial charge in [0.1, 0.15) is 18.9 Å². The van der Waals surface area contributed by atoms with Gasteiger partial charge >= 0.3 is 5.97 Å². The van der Waals surface area contributed by atoms with Crippen molar-refractivity contribution in [1.82, 2.24) is 10.3 Å². The molecule has 0 aliphatic heterocycles. The fourth-order valence-corrected chi connectivity index (χ4v) is 1.82. The van der Waals surface area contributed by atoms with Crippen LogP contribution in [0.1, 0.15) is 11.1 Å². The van der Waals surface area contributed by atoms with Crippen LogP contribution in [-0.2, 0) is 22.6 Å². The molecule has 2 rings (SSSR count). The highest BCUT2D eigenvalue weighted by atomic mass is 16.5. The Morgan fingerprint density at radius 3 is 2.73 bits per heavy atom. The molecule has 0 saturated carbocycles. The van der Waals surface area contributed by atoms with Gasteiger partial charge < -0.3 is 15.2 Å². The second-order valence-electron chi connectivity index (χ2n) is 4.64. The van der Waals surface area contributed by atoms with Crippen LogP contribution >= 0.6 is 0 Å². The fraction of sp³-hybridized carbons (Fsp3) is 0.188. The summed E-state index contributed by atoms with van der Waals surface area (Å²) in [6.07, 6.45) is 3.53. The van der Waals surface area contributed by atoms with Crippen LogP contribution in [0.3, 0.4) is 0 Å². The molecular weight excluding hydrogens is 284 g/mol. The summed E-state index contributed by atoms with van der Waals surface area (Å²) in [7, 11) is 0. The Morgan fingerprint density at radius 1 is 1.18 bits per heavy atom. The average molecular weight is 300 g/mol. The number of carboxylic acids is 1. The third kappa shape index (κ3) is 5.24. The van der Waals surface area contributed by atoms with Gasteiger partial charge in [0, 0.05) is 18.0 Å². The van der Waals surface area contributed by atoms with Crippen LogP contribution < -0.4 is 10.1 Å². The van der Waals surface area contributed by atoms with Crippen LogP contribution in [0.15, 0.2) is 48.8 Å². The maximum absolute atomic E-state index is 11.6. The number of rotatable bonds is 7. The summed E-state index contributed by atoms with van der Waals surface area (Å²) in [4.78, 5) is 26.0. The predicted molar refractivity (Wildman–Crippen MR) is 79.4 cm³/mol. The van der Waals surface area contributed by atoms with Gasteiger partial charge in [-0.2, -0.15) is 0 Å². The lowest BCUT2D eigenvalue weighted by atomic mass is 10.1. The molecule has 0 fully saturated rings. The highest BCUT2D eigenvalue weighted by molar-refractivity contribution is 5.82. The predicted octanol–water partition coefficient (Wildman–Crippen LogP) is 1.40. The Balaban J connectivity index is 1.89. The summed E-state index contributed by atoms with van der Waals surface area (Å²) in [6.45, 7) is 0.0124. The van der Waals surface area contributed by atoms with Gasteiger partial charge in [-0.3, -0.25) is 14.6 Å². The van der Waals surface area contributed by atoms with E-state index in [4.69, 9.17) is 9.84 Å². The van der Waals surface area contributed by atoms with E-state index in [-0.39, 0.29) is 18.9 Å². The molecule has 0 aliphatic rings. The fourth-order valence-electron chi connectivity index (χ4n) is 1.82. The topological polar surface area (TPSA) is 88.5 Å². The molecule has 1 aromatic heterocycles. The van der Waals surface area contributed by atoms with E-state index >= 15 is 0 Å². The number of amides is 1. The maximum Gasteiger partial charge on any atom is 0.322 e. The monoisotopic (exact) mass is 300 g/mol. The highest BCUT2D eigenvalue weighted by Gasteiger charge is 2.06. The van der Waals surface area contributed by atoms with Crippen LogP contribution in [0.4, 0.5) is 0 Å².